The summed E-state index contributed by atoms with van der Waals surface area (Å²) in [5.41, 5.74) is 0.453. The number of aromatic nitrogens is 2. The first-order chi connectivity index (χ1) is 15.6. The monoisotopic (exact) mass is 441 g/mol. The summed E-state index contributed by atoms with van der Waals surface area (Å²) in [6.45, 7) is 0.566. The summed E-state index contributed by atoms with van der Waals surface area (Å²) < 4.78 is 7.69. The van der Waals surface area contributed by atoms with Crippen LogP contribution in [0.25, 0.3) is 6.20 Å². The second kappa shape index (κ2) is 9.28. The number of carbonyl (C=O) groups is 2. The Labute approximate surface area is 189 Å². The molecule has 1 aromatic rings. The van der Waals surface area contributed by atoms with Gasteiger partial charge in [0.05, 0.1) is 19.2 Å². The van der Waals surface area contributed by atoms with Crippen molar-refractivity contribution in [2.24, 2.45) is 29.6 Å². The van der Waals surface area contributed by atoms with Crippen molar-refractivity contribution in [3.05, 3.63) is 17.8 Å². The Hall–Kier alpha value is -2.31. The predicted molar refractivity (Wildman–Crippen MR) is 120 cm³/mol. The summed E-state index contributed by atoms with van der Waals surface area (Å²) >= 11 is 0. The van der Waals surface area contributed by atoms with Crippen LogP contribution in [-0.4, -0.2) is 39.4 Å². The molecular weight excluding hydrogens is 406 g/mol. The fraction of sp³-hybridized carbons (Fsp3) is 0.720. The highest BCUT2D eigenvalue weighted by atomic mass is 16.5. The zero-order valence-electron chi connectivity index (χ0n) is 18.7. The molecule has 0 spiro atoms. The van der Waals surface area contributed by atoms with Gasteiger partial charge in [-0.05, 0) is 74.5 Å². The molecule has 5 saturated carbocycles. The van der Waals surface area contributed by atoms with E-state index in [1.165, 1.54) is 62.1 Å². The van der Waals surface area contributed by atoms with Crippen LogP contribution < -0.4 is 10.1 Å². The smallest absolute Gasteiger partial charge is 0.307 e. The van der Waals surface area contributed by atoms with E-state index in [-0.39, 0.29) is 18.4 Å². The van der Waals surface area contributed by atoms with Crippen LogP contribution in [0.2, 0.25) is 0 Å². The molecule has 7 heteroatoms. The van der Waals surface area contributed by atoms with Crippen molar-refractivity contribution in [1.29, 1.82) is 0 Å². The Balaban J connectivity index is 1.31. The largest absolute Gasteiger partial charge is 0.481 e. The van der Waals surface area contributed by atoms with Crippen LogP contribution >= 0.6 is 0 Å². The van der Waals surface area contributed by atoms with Crippen LogP contribution in [0.15, 0.2) is 12.3 Å². The fourth-order valence-electron chi connectivity index (χ4n) is 6.95. The summed E-state index contributed by atoms with van der Waals surface area (Å²) in [5, 5.41) is 16.6. The Bertz CT molecular complexity index is 843. The molecule has 1 aromatic heterocycles. The molecular formula is C25H35N3O4. The van der Waals surface area contributed by atoms with Gasteiger partial charge in [0.25, 0.3) is 5.91 Å². The van der Waals surface area contributed by atoms with E-state index in [0.29, 0.717) is 35.8 Å². The molecule has 0 atom stereocenters. The second-order valence-corrected chi connectivity index (χ2v) is 10.5. The molecule has 0 aromatic carbocycles. The van der Waals surface area contributed by atoms with Crippen molar-refractivity contribution in [1.82, 2.24) is 15.1 Å². The summed E-state index contributed by atoms with van der Waals surface area (Å²) in [6, 6.07) is 0.257. The molecule has 0 unspecified atom stereocenters. The van der Waals surface area contributed by atoms with E-state index in [9.17, 15) is 9.59 Å². The Morgan fingerprint density at radius 2 is 1.78 bits per heavy atom. The predicted octanol–water partition coefficient (Wildman–Crippen LogP) is 4.34. The minimum Gasteiger partial charge on any atom is -0.481 e. The highest BCUT2D eigenvalue weighted by molar-refractivity contribution is 5.96. The molecule has 1 amide bonds. The molecule has 0 radical (unpaired) electrons. The first-order valence-corrected chi connectivity index (χ1v) is 12.5. The van der Waals surface area contributed by atoms with Crippen LogP contribution in [0.3, 0.4) is 0 Å². The third-order valence-corrected chi connectivity index (χ3v) is 8.24. The van der Waals surface area contributed by atoms with Gasteiger partial charge in [-0.1, -0.05) is 25.3 Å². The van der Waals surface area contributed by atoms with Gasteiger partial charge in [0, 0.05) is 12.2 Å². The minimum absolute atomic E-state index is 0.1000. The lowest BCUT2D eigenvalue weighted by atomic mass is 9.54. The number of nitrogens with one attached hydrogen (secondary N) is 1. The zero-order valence-corrected chi connectivity index (χ0v) is 18.7. The van der Waals surface area contributed by atoms with Crippen molar-refractivity contribution in [3.63, 3.8) is 0 Å². The van der Waals surface area contributed by atoms with Crippen LogP contribution in [0.5, 0.6) is 5.88 Å². The maximum atomic E-state index is 13.3. The van der Waals surface area contributed by atoms with Gasteiger partial charge in [-0.2, -0.15) is 5.10 Å². The summed E-state index contributed by atoms with van der Waals surface area (Å²) in [6.07, 6.45) is 17.0. The van der Waals surface area contributed by atoms with Gasteiger partial charge in [0.15, 0.2) is 0 Å². The number of ether oxygens (including phenoxy) is 1. The number of carbonyl (C=O) groups excluding carboxylic acids is 1. The lowest BCUT2D eigenvalue weighted by molar-refractivity contribution is -0.135. The van der Waals surface area contributed by atoms with Gasteiger partial charge in [0.1, 0.15) is 5.56 Å². The normalized spacial score (nSPS) is 31.8. The van der Waals surface area contributed by atoms with Gasteiger partial charge in [-0.3, -0.25) is 9.59 Å². The Morgan fingerprint density at radius 3 is 2.44 bits per heavy atom. The molecule has 1 heterocycles. The van der Waals surface area contributed by atoms with Crippen molar-refractivity contribution < 1.29 is 19.4 Å². The molecule has 5 fully saturated rings. The van der Waals surface area contributed by atoms with Gasteiger partial charge in [-0.15, -0.1) is 0 Å². The number of aliphatic carboxylic acids is 1. The minimum atomic E-state index is -0.905. The van der Waals surface area contributed by atoms with Crippen LogP contribution in [0, 0.1) is 29.6 Å². The van der Waals surface area contributed by atoms with Crippen molar-refractivity contribution in [3.8, 4) is 5.88 Å². The molecule has 0 saturated heterocycles. The third kappa shape index (κ3) is 4.57. The average Bonchev–Trinajstić information content (AvgIpc) is 3.17. The molecule has 32 heavy (non-hydrogen) atoms. The van der Waals surface area contributed by atoms with Crippen molar-refractivity contribution in [2.75, 3.05) is 6.61 Å². The van der Waals surface area contributed by atoms with Gasteiger partial charge in [-0.25, -0.2) is 4.68 Å². The van der Waals surface area contributed by atoms with Crippen LogP contribution in [-0.2, 0) is 4.79 Å². The summed E-state index contributed by atoms with van der Waals surface area (Å²) in [7, 11) is 0. The van der Waals surface area contributed by atoms with Crippen LogP contribution in [0.1, 0.15) is 81.0 Å². The second-order valence-electron chi connectivity index (χ2n) is 10.5. The lowest BCUT2D eigenvalue weighted by Gasteiger charge is -2.54. The molecule has 174 valence electrons. The molecule has 5 aliphatic rings. The molecule has 2 N–H and O–H groups in total. The first-order valence-electron chi connectivity index (χ1n) is 12.5. The Kier molecular flexibility index (Phi) is 6.24. The number of rotatable bonds is 8. The highest BCUT2D eigenvalue weighted by Gasteiger charge is 2.48. The average molecular weight is 442 g/mol. The number of carboxylic acids is 1. The number of nitrogens with zero attached hydrogens (tertiary/aromatic N) is 2. The maximum absolute atomic E-state index is 13.3. The number of carboxylic acid groups (broad SMARTS) is 1. The van der Waals surface area contributed by atoms with Crippen molar-refractivity contribution in [2.45, 2.75) is 76.7 Å². The number of hydrogen-bond acceptors (Lipinski definition) is 4. The van der Waals surface area contributed by atoms with E-state index >= 15 is 0 Å². The van der Waals surface area contributed by atoms with E-state index < -0.39 is 5.97 Å². The van der Waals surface area contributed by atoms with E-state index in [1.807, 2.05) is 0 Å². The Morgan fingerprint density at radius 1 is 1.09 bits per heavy atom. The molecule has 0 aliphatic heterocycles. The van der Waals surface area contributed by atoms with E-state index in [0.717, 1.165) is 24.7 Å². The van der Waals surface area contributed by atoms with Crippen molar-refractivity contribution >= 4 is 18.1 Å². The maximum Gasteiger partial charge on any atom is 0.307 e. The SMILES string of the molecule is O=C(O)CC=Cn1ncc(C(=O)NC2C3CC4CC(C3)CC2C4)c1OCC1CCCCC1. The molecule has 7 nitrogen and oxygen atoms in total. The quantitative estimate of drug-likeness (QED) is 0.626. The third-order valence-electron chi connectivity index (χ3n) is 8.24. The highest BCUT2D eigenvalue weighted by Crippen LogP contribution is 2.53. The molecule has 4 bridgehead atoms. The number of amides is 1. The standard InChI is InChI=1S/C25H35N3O4/c29-22(30)7-4-8-28-25(32-15-16-5-2-1-3-6-16)21(14-26-28)24(31)27-23-19-10-17-9-18(12-19)13-20(23)11-17/h4,8,14,16-20,23H,1-3,5-7,9-13,15H2,(H,27,31)(H,29,30). The van der Waals surface area contributed by atoms with E-state index in [2.05, 4.69) is 10.4 Å². The van der Waals surface area contributed by atoms with E-state index in [1.54, 1.807) is 12.4 Å². The van der Waals surface area contributed by atoms with Gasteiger partial charge >= 0.3 is 5.97 Å². The summed E-state index contributed by atoms with van der Waals surface area (Å²) in [4.78, 5) is 24.2. The van der Waals surface area contributed by atoms with Gasteiger partial charge in [0.2, 0.25) is 5.88 Å². The summed E-state index contributed by atoms with van der Waals surface area (Å²) in [5.74, 6) is 2.84. The topological polar surface area (TPSA) is 93.5 Å². The lowest BCUT2D eigenvalue weighted by Crippen LogP contribution is -2.55. The van der Waals surface area contributed by atoms with Crippen LogP contribution in [0.4, 0.5) is 0 Å². The number of hydrogen-bond donors (Lipinski definition) is 2. The molecule has 5 aliphatic carbocycles. The van der Waals surface area contributed by atoms with E-state index in [4.69, 9.17) is 9.84 Å². The zero-order chi connectivity index (χ0) is 22.1. The first kappa shape index (κ1) is 21.5. The fourth-order valence-corrected chi connectivity index (χ4v) is 6.95. The molecule has 6 rings (SSSR count). The van der Waals surface area contributed by atoms with Gasteiger partial charge < -0.3 is 15.2 Å².